The molecule has 0 unspecified atom stereocenters. The number of hydrogen-bond acceptors (Lipinski definition) is 21. The number of hydrogen-bond donors (Lipinski definition) is 18. The van der Waals surface area contributed by atoms with Crippen molar-refractivity contribution in [2.24, 2.45) is 45.4 Å². The molecule has 12 amide bonds. The van der Waals surface area contributed by atoms with Crippen LogP contribution in [0.15, 0.2) is 35.3 Å². The van der Waals surface area contributed by atoms with Gasteiger partial charge in [-0.2, -0.15) is 0 Å². The van der Waals surface area contributed by atoms with Crippen LogP contribution in [0.3, 0.4) is 0 Å². The van der Waals surface area contributed by atoms with Crippen LogP contribution < -0.4 is 75.7 Å². The van der Waals surface area contributed by atoms with E-state index in [9.17, 15) is 68.4 Å². The second kappa shape index (κ2) is 39.4. The fourth-order valence-corrected chi connectivity index (χ4v) is 11.0. The van der Waals surface area contributed by atoms with Gasteiger partial charge in [0.05, 0.1) is 31.5 Å². The van der Waals surface area contributed by atoms with Crippen molar-refractivity contribution >= 4 is 83.0 Å². The second-order valence-corrected chi connectivity index (χ2v) is 28.6. The zero-order valence-corrected chi connectivity index (χ0v) is 60.2. The molecule has 2 fully saturated rings. The molecule has 3 rings (SSSR count). The molecule has 1 saturated carbocycles. The minimum Gasteiger partial charge on any atom is -0.453 e. The van der Waals surface area contributed by atoms with Gasteiger partial charge < -0.3 is 110 Å². The van der Waals surface area contributed by atoms with Gasteiger partial charge in [-0.15, -0.1) is 0 Å². The van der Waals surface area contributed by atoms with Crippen LogP contribution >= 0.6 is 0 Å². The molecule has 2 aliphatic rings. The molecule has 1 aliphatic heterocycles. The number of aliphatic hydroxyl groups is 4. The van der Waals surface area contributed by atoms with Crippen LogP contribution in [0.4, 0.5) is 4.79 Å². The zero-order valence-electron chi connectivity index (χ0n) is 60.2. The molecule has 0 bridgehead atoms. The summed E-state index contributed by atoms with van der Waals surface area (Å²) < 4.78 is 17.2. The monoisotopic (exact) mass is 1430 g/mol. The number of primary amides is 1. The van der Waals surface area contributed by atoms with E-state index in [4.69, 9.17) is 31.4 Å². The molecule has 0 spiro atoms. The maximum absolute atomic E-state index is 15.8. The quantitative estimate of drug-likeness (QED) is 0.0231. The van der Waals surface area contributed by atoms with E-state index < -0.39 is 209 Å². The van der Waals surface area contributed by atoms with Gasteiger partial charge in [0, 0.05) is 13.7 Å². The molecule has 101 heavy (non-hydrogen) atoms. The average Bonchev–Trinajstić information content (AvgIpc) is 0.783. The lowest BCUT2D eigenvalue weighted by Gasteiger charge is -2.41. The number of esters is 1. The third-order valence-corrected chi connectivity index (χ3v) is 16.8. The summed E-state index contributed by atoms with van der Waals surface area (Å²) in [6, 6.07) is -9.97. The third-order valence-electron chi connectivity index (χ3n) is 16.8. The standard InChI is InChI=1S/C66H109N15O20/c1-15-34(6)43-56(92)78-44(35(7)83)55(91)71-30-42(84)76-46(49(86)51(67)87)58(94)74-41(31-82)60(96)100-50(36-20-17-16-18-21-36)47(80-61(97)66(25-23-37(99-14)24-26-66)81-54(90)40(29-64(8,9)10)75-63(98)101-65(11,12)13)59(95)79-45(48(85)33(4)5)57(93)73-39(28-32(2)3)53(89)72-38(52(88)77-43)22-19-27-70-62(68)69/h16-18,20-21,32-35,37-41,43-50,82-83,85-86H,15,19,22-31H2,1-14H3,(H2,67,87)(H,71,91)(H,72,89)(H,73,93)(H,74,94)(H,75,98)(H,76,84)(H,77,88)(H,78,92)(H,79,95)(H,80,97)(H,81,90)(H4,68,69,70)/t34-,35-,37?,38+,39-,40+,41-,43-,44-,45-,46-,47-,48+,49-,50+,66?/m0/s1. The third kappa shape index (κ3) is 27.6. The first kappa shape index (κ1) is 86.4. The molecular weight excluding hydrogens is 1320 g/mol. The number of aliphatic hydroxyl groups excluding tert-OH is 4. The van der Waals surface area contributed by atoms with Crippen molar-refractivity contribution < 1.29 is 97.0 Å². The van der Waals surface area contributed by atoms with Gasteiger partial charge >= 0.3 is 12.1 Å². The van der Waals surface area contributed by atoms with Crippen molar-refractivity contribution in [1.29, 1.82) is 0 Å². The van der Waals surface area contributed by atoms with E-state index in [-0.39, 0.29) is 75.9 Å². The smallest absolute Gasteiger partial charge is 0.408 e. The molecule has 1 aromatic carbocycles. The number of amides is 12. The number of aliphatic imine (C=N–C) groups is 1. The van der Waals surface area contributed by atoms with Crippen LogP contribution in [-0.2, 0) is 71.7 Å². The number of carbonyl (C=O) groups is 13. The van der Waals surface area contributed by atoms with Gasteiger partial charge in [-0.25, -0.2) is 9.59 Å². The molecule has 0 radical (unpaired) electrons. The first-order chi connectivity index (χ1) is 47.0. The Balaban J connectivity index is 2.50. The number of nitrogens with zero attached hydrogens (tertiary/aromatic N) is 1. The Morgan fingerprint density at radius 2 is 1.27 bits per heavy atom. The average molecular weight is 1430 g/mol. The van der Waals surface area contributed by atoms with Crippen molar-refractivity contribution in [3.8, 4) is 0 Å². The summed E-state index contributed by atoms with van der Waals surface area (Å²) in [5.74, 6) is -17.4. The largest absolute Gasteiger partial charge is 0.453 e. The number of rotatable bonds is 22. The number of carbonyl (C=O) groups excluding carboxylic acids is 13. The number of cyclic esters (lactones) is 1. The van der Waals surface area contributed by atoms with E-state index in [1.807, 2.05) is 10.6 Å². The Morgan fingerprint density at radius 1 is 0.713 bits per heavy atom. The lowest BCUT2D eigenvalue weighted by molar-refractivity contribution is -0.159. The van der Waals surface area contributed by atoms with Crippen molar-refractivity contribution in [3.63, 3.8) is 0 Å². The molecule has 0 aromatic heterocycles. The van der Waals surface area contributed by atoms with E-state index in [1.54, 1.807) is 69.2 Å². The van der Waals surface area contributed by atoms with Crippen LogP contribution in [0.5, 0.6) is 0 Å². The summed E-state index contributed by atoms with van der Waals surface area (Å²) in [6.07, 6.45) is -10.1. The first-order valence-corrected chi connectivity index (χ1v) is 33.8. The van der Waals surface area contributed by atoms with Crippen molar-refractivity contribution in [2.75, 3.05) is 26.8 Å². The minimum absolute atomic E-state index is 0.00899. The summed E-state index contributed by atoms with van der Waals surface area (Å²) in [6.45, 7) is 18.4. The van der Waals surface area contributed by atoms with Crippen molar-refractivity contribution in [3.05, 3.63) is 35.9 Å². The number of alkyl carbamates (subject to hydrolysis) is 1. The van der Waals surface area contributed by atoms with Gasteiger partial charge in [-0.05, 0) is 108 Å². The van der Waals surface area contributed by atoms with Gasteiger partial charge in [0.2, 0.25) is 65.0 Å². The number of nitrogens with one attached hydrogen (secondary N) is 11. The highest BCUT2D eigenvalue weighted by atomic mass is 16.6. The minimum atomic E-state index is -2.61. The van der Waals surface area contributed by atoms with Crippen LogP contribution in [0.25, 0.3) is 0 Å². The lowest BCUT2D eigenvalue weighted by Crippen LogP contribution is -2.67. The molecular formula is C66H109N15O20. The van der Waals surface area contributed by atoms with Gasteiger partial charge in [-0.3, -0.25) is 57.7 Å². The van der Waals surface area contributed by atoms with E-state index >= 15 is 14.4 Å². The Labute approximate surface area is 588 Å². The van der Waals surface area contributed by atoms with Crippen LogP contribution in [0.2, 0.25) is 0 Å². The SMILES string of the molecule is CC[C@H](C)[C@@H]1NC(=O)[C@@H](CCCN=C(N)N)NC(=O)[C@H](CC(C)C)NC(=O)[C@H]([C@H](O)C(C)C)NC(=O)[C@@H](NC(=O)C2(NC(=O)[C@@H](CC(C)(C)C)NC(=O)OC(C)(C)C)CCC(OC)CC2)[C@@H](c2ccccc2)OC(=O)[C@H](CO)NC(=O)[C@H]([C@H](O)C(N)=O)NC(=O)CNC(=O)[C@H]([C@H](C)O)NC1=O. The Kier molecular flexibility index (Phi) is 33.7. The molecule has 568 valence electrons. The maximum atomic E-state index is 15.8. The van der Waals surface area contributed by atoms with Gasteiger partial charge in [0.25, 0.3) is 0 Å². The highest BCUT2D eigenvalue weighted by molar-refractivity contribution is 6.01. The Hall–Kier alpha value is -8.80. The molecule has 35 nitrogen and oxygen atoms in total. The molecule has 21 N–H and O–H groups in total. The summed E-state index contributed by atoms with van der Waals surface area (Å²) in [5.41, 5.74) is 12.8. The lowest BCUT2D eigenvalue weighted by atomic mass is 9.78. The van der Waals surface area contributed by atoms with Crippen LogP contribution in [0, 0.1) is 23.2 Å². The molecule has 1 heterocycles. The predicted molar refractivity (Wildman–Crippen MR) is 365 cm³/mol. The second-order valence-electron chi connectivity index (χ2n) is 28.6. The number of benzene rings is 1. The number of nitrogens with two attached hydrogens (primary N) is 3. The van der Waals surface area contributed by atoms with Gasteiger partial charge in [0.1, 0.15) is 59.5 Å². The van der Waals surface area contributed by atoms with Crippen LogP contribution in [0.1, 0.15) is 159 Å². The summed E-state index contributed by atoms with van der Waals surface area (Å²) in [5, 5.41) is 71.7. The van der Waals surface area contributed by atoms with Gasteiger partial charge in [-0.1, -0.05) is 99.1 Å². The van der Waals surface area contributed by atoms with E-state index in [1.165, 1.54) is 51.3 Å². The maximum Gasteiger partial charge on any atom is 0.408 e. The summed E-state index contributed by atoms with van der Waals surface area (Å²) in [7, 11) is 1.44. The molecule has 1 saturated heterocycles. The number of ether oxygens (including phenoxy) is 3. The fourth-order valence-electron chi connectivity index (χ4n) is 11.0. The van der Waals surface area contributed by atoms with E-state index in [2.05, 4.69) is 52.8 Å². The Morgan fingerprint density at radius 3 is 1.79 bits per heavy atom. The van der Waals surface area contributed by atoms with Crippen molar-refractivity contribution in [1.82, 2.24) is 58.5 Å². The molecule has 1 aromatic rings. The normalized spacial score (nSPS) is 26.2. The first-order valence-electron chi connectivity index (χ1n) is 33.8. The summed E-state index contributed by atoms with van der Waals surface area (Å²) in [4.78, 5) is 191. The molecule has 14 atom stereocenters. The summed E-state index contributed by atoms with van der Waals surface area (Å²) >= 11 is 0. The fraction of sp³-hybridized carbons (Fsp3) is 0.697. The highest BCUT2D eigenvalue weighted by Crippen LogP contribution is 2.33. The van der Waals surface area contributed by atoms with Crippen molar-refractivity contribution in [2.45, 2.75) is 244 Å². The topological polar surface area (TPSA) is 553 Å². The van der Waals surface area contributed by atoms with Crippen LogP contribution in [-0.4, -0.2) is 220 Å². The van der Waals surface area contributed by atoms with Gasteiger partial charge in [0.15, 0.2) is 24.2 Å². The predicted octanol–water partition coefficient (Wildman–Crippen LogP) is -3.57. The van der Waals surface area contributed by atoms with E-state index in [0.717, 1.165) is 6.92 Å². The van der Waals surface area contributed by atoms with E-state index in [0.29, 0.717) is 0 Å². The number of guanidine groups is 1. The Bertz CT molecular complexity index is 3060. The zero-order chi connectivity index (χ0) is 76.6. The highest BCUT2D eigenvalue weighted by Gasteiger charge is 2.49. The molecule has 35 heteroatoms. The molecule has 1 aliphatic carbocycles. The number of methoxy groups -OCH3 is 1.